The highest BCUT2D eigenvalue weighted by molar-refractivity contribution is 9.10. The number of nitrogens with one attached hydrogen (secondary N) is 1. The Kier molecular flexibility index (Phi) is 32.0. The van der Waals surface area contributed by atoms with Crippen molar-refractivity contribution in [3.63, 3.8) is 0 Å². The van der Waals surface area contributed by atoms with Crippen molar-refractivity contribution < 1.29 is 14.3 Å². The molecule has 1 N–H and O–H groups in total. The molecular weight excluding hydrogens is 626 g/mol. The number of ether oxygens (including phenoxy) is 2. The van der Waals surface area contributed by atoms with Crippen LogP contribution in [0.3, 0.4) is 0 Å². The number of aromatic nitrogens is 1. The summed E-state index contributed by atoms with van der Waals surface area (Å²) in [4.78, 5) is 14.8. The number of carbonyl (C=O) groups is 1. The summed E-state index contributed by atoms with van der Waals surface area (Å²) in [6.45, 7) is 22.9. The Morgan fingerprint density at radius 3 is 1.58 bits per heavy atom. The van der Waals surface area contributed by atoms with Gasteiger partial charge in [-0.2, -0.15) is 4.98 Å². The maximum absolute atomic E-state index is 8.00. The number of pyridine rings is 1. The minimum Gasteiger partial charge on any atom is -0.473 e. The fraction of sp³-hybridized carbons (Fsp3) is 0.368. The fourth-order valence-electron chi connectivity index (χ4n) is 3.45. The van der Waals surface area contributed by atoms with Gasteiger partial charge in [-0.05, 0) is 35.4 Å². The first kappa shape index (κ1) is 45.6. The van der Waals surface area contributed by atoms with Crippen LogP contribution in [-0.2, 0) is 18.0 Å². The van der Waals surface area contributed by atoms with E-state index in [9.17, 15) is 0 Å². The van der Waals surface area contributed by atoms with Gasteiger partial charge in [0, 0.05) is 24.6 Å². The van der Waals surface area contributed by atoms with E-state index in [1.54, 1.807) is 0 Å². The Hall–Kier alpha value is -3.84. The van der Waals surface area contributed by atoms with Gasteiger partial charge in [-0.3, -0.25) is 0 Å². The zero-order valence-corrected chi connectivity index (χ0v) is 31.4. The highest BCUT2D eigenvalue weighted by atomic mass is 79.9. The van der Waals surface area contributed by atoms with E-state index < -0.39 is 0 Å². The van der Waals surface area contributed by atoms with Crippen LogP contribution in [0.5, 0.6) is 11.8 Å². The molecule has 1 heterocycles. The molecule has 0 radical (unpaired) electrons. The third-order valence-electron chi connectivity index (χ3n) is 5.21. The molecule has 0 spiro atoms. The number of hydrogen-bond donors (Lipinski definition) is 1. The number of nitrogens with zero attached hydrogens (tertiary/aromatic N) is 2. The van der Waals surface area contributed by atoms with Crippen molar-refractivity contribution in [2.45, 2.75) is 82.5 Å². The second-order valence-electron chi connectivity index (χ2n) is 7.49. The van der Waals surface area contributed by atoms with Crippen molar-refractivity contribution >= 4 is 39.8 Å². The monoisotopic (exact) mass is 683 g/mol. The third-order valence-corrected chi connectivity index (χ3v) is 5.71. The van der Waals surface area contributed by atoms with Crippen LogP contribution < -0.4 is 19.7 Å². The van der Waals surface area contributed by atoms with Crippen LogP contribution in [0.25, 0.3) is 0 Å². The van der Waals surface area contributed by atoms with Crippen molar-refractivity contribution in [2.75, 3.05) is 24.3 Å². The summed E-state index contributed by atoms with van der Waals surface area (Å²) in [6.07, 6.45) is 0. The van der Waals surface area contributed by atoms with Crippen LogP contribution >= 0.6 is 15.9 Å². The summed E-state index contributed by atoms with van der Waals surface area (Å²) in [7, 11) is 3.91. The second kappa shape index (κ2) is 31.6. The summed E-state index contributed by atoms with van der Waals surface area (Å²) < 4.78 is 13.2. The van der Waals surface area contributed by atoms with Gasteiger partial charge in [0.1, 0.15) is 25.7 Å². The van der Waals surface area contributed by atoms with Crippen molar-refractivity contribution in [2.24, 2.45) is 0 Å². The van der Waals surface area contributed by atoms with Gasteiger partial charge in [-0.1, -0.05) is 146 Å². The molecule has 0 aliphatic heterocycles. The molecule has 0 aliphatic carbocycles. The van der Waals surface area contributed by atoms with Gasteiger partial charge in [0.15, 0.2) is 0 Å². The number of halogens is 1. The van der Waals surface area contributed by atoms with Gasteiger partial charge in [0.05, 0.1) is 11.4 Å². The lowest BCUT2D eigenvalue weighted by Crippen LogP contribution is -2.14. The number of hydrogen-bond acceptors (Lipinski definition) is 6. The molecule has 4 rings (SSSR count). The summed E-state index contributed by atoms with van der Waals surface area (Å²) in [5, 5.41) is 3.26. The molecule has 45 heavy (non-hydrogen) atoms. The van der Waals surface area contributed by atoms with Crippen LogP contribution in [0, 0.1) is 0 Å². The van der Waals surface area contributed by atoms with E-state index in [1.165, 1.54) is 0 Å². The molecule has 6 nitrogen and oxygen atoms in total. The van der Waals surface area contributed by atoms with E-state index in [1.807, 2.05) is 175 Å². The number of benzene rings is 3. The molecule has 0 amide bonds. The van der Waals surface area contributed by atoms with E-state index in [-0.39, 0.29) is 0 Å². The van der Waals surface area contributed by atoms with Crippen molar-refractivity contribution in [3.05, 3.63) is 107 Å². The molecule has 7 heteroatoms. The minimum atomic E-state index is 0.413. The molecule has 0 bridgehead atoms. The molecule has 250 valence electrons. The lowest BCUT2D eigenvalue weighted by Gasteiger charge is -2.24. The molecule has 3 aromatic carbocycles. The lowest BCUT2D eigenvalue weighted by molar-refractivity contribution is -0.0980. The summed E-state index contributed by atoms with van der Waals surface area (Å²) in [5.74, 6) is 1.03. The Morgan fingerprint density at radius 1 is 0.667 bits per heavy atom. The first-order valence-corrected chi connectivity index (χ1v) is 16.8. The Morgan fingerprint density at radius 2 is 1.11 bits per heavy atom. The van der Waals surface area contributed by atoms with Gasteiger partial charge < -0.3 is 24.5 Å². The largest absolute Gasteiger partial charge is 0.473 e. The van der Waals surface area contributed by atoms with E-state index in [0.717, 1.165) is 32.7 Å². The topological polar surface area (TPSA) is 63.7 Å². The standard InChI is InChI=1S/C27H26BrN3O2.5C2H6.CH2O/c1-29-23-17-22(28)13-14-24(23)31(2)25-15-16-26(32-18-20-9-5-3-6-10-20)30-27(25)33-19-21-11-7-4-8-12-21;6*1-2/h3-17,29H,18-19H2,1-2H3;5*1-2H3;1H2. The van der Waals surface area contributed by atoms with Crippen LogP contribution in [0.1, 0.15) is 80.4 Å². The average molecular weight is 685 g/mol. The van der Waals surface area contributed by atoms with Crippen LogP contribution in [0.4, 0.5) is 17.1 Å². The molecule has 0 unspecified atom stereocenters. The summed E-state index contributed by atoms with van der Waals surface area (Å²) >= 11 is 3.54. The van der Waals surface area contributed by atoms with Crippen LogP contribution in [-0.4, -0.2) is 25.9 Å². The van der Waals surface area contributed by atoms with E-state index in [2.05, 4.69) is 32.2 Å². The number of anilines is 3. The van der Waals surface area contributed by atoms with Gasteiger partial charge in [0.25, 0.3) is 0 Å². The van der Waals surface area contributed by atoms with Gasteiger partial charge in [-0.25, -0.2) is 0 Å². The van der Waals surface area contributed by atoms with E-state index in [0.29, 0.717) is 25.0 Å². The first-order valence-electron chi connectivity index (χ1n) is 16.0. The van der Waals surface area contributed by atoms with Crippen LogP contribution in [0.2, 0.25) is 0 Å². The molecule has 0 atom stereocenters. The molecule has 4 aromatic rings. The van der Waals surface area contributed by atoms with Crippen molar-refractivity contribution in [1.82, 2.24) is 4.98 Å². The number of rotatable bonds is 9. The highest BCUT2D eigenvalue weighted by Crippen LogP contribution is 2.38. The third kappa shape index (κ3) is 17.3. The van der Waals surface area contributed by atoms with Gasteiger partial charge in [-0.15, -0.1) is 0 Å². The van der Waals surface area contributed by atoms with Crippen LogP contribution in [0.15, 0.2) is 95.5 Å². The second-order valence-corrected chi connectivity index (χ2v) is 8.41. The predicted molar refractivity (Wildman–Crippen MR) is 201 cm³/mol. The quantitative estimate of drug-likeness (QED) is 0.189. The Bertz CT molecular complexity index is 1210. The molecular formula is C38H58BrN3O3. The first-order chi connectivity index (χ1) is 22.1. The maximum atomic E-state index is 8.00. The van der Waals surface area contributed by atoms with Crippen molar-refractivity contribution in [1.29, 1.82) is 0 Å². The van der Waals surface area contributed by atoms with Gasteiger partial charge >= 0.3 is 0 Å². The minimum absolute atomic E-state index is 0.413. The molecule has 1 aromatic heterocycles. The van der Waals surface area contributed by atoms with E-state index >= 15 is 0 Å². The smallest absolute Gasteiger partial charge is 0.241 e. The highest BCUT2D eigenvalue weighted by Gasteiger charge is 2.17. The van der Waals surface area contributed by atoms with E-state index in [4.69, 9.17) is 19.3 Å². The molecule has 0 saturated carbocycles. The maximum Gasteiger partial charge on any atom is 0.241 e. The van der Waals surface area contributed by atoms with Gasteiger partial charge in [0.2, 0.25) is 11.8 Å². The summed E-state index contributed by atoms with van der Waals surface area (Å²) in [6, 6.07) is 30.1. The predicted octanol–water partition coefficient (Wildman–Crippen LogP) is 11.8. The zero-order valence-electron chi connectivity index (χ0n) is 29.8. The van der Waals surface area contributed by atoms with Crippen molar-refractivity contribution in [3.8, 4) is 11.8 Å². The molecule has 0 fully saturated rings. The summed E-state index contributed by atoms with van der Waals surface area (Å²) in [5.41, 5.74) is 5.00. The fourth-order valence-corrected chi connectivity index (χ4v) is 3.81. The Labute approximate surface area is 283 Å². The SMILES string of the molecule is C=O.CC.CC.CC.CC.CC.CNc1cc(Br)ccc1N(C)c1ccc(OCc2ccccc2)nc1OCc1ccccc1. The lowest BCUT2D eigenvalue weighted by atomic mass is 10.2. The number of carbonyl (C=O) groups excluding carboxylic acids is 1. The normalized spacial score (nSPS) is 8.47. The molecule has 0 aliphatic rings. The average Bonchev–Trinajstić information content (AvgIpc) is 3.15. The molecule has 0 saturated heterocycles. The Balaban J connectivity index is -0.00000132. The zero-order chi connectivity index (χ0) is 35.0.